The Morgan fingerprint density at radius 3 is 2.72 bits per heavy atom. The van der Waals surface area contributed by atoms with Crippen LogP contribution in [-0.2, 0) is 11.3 Å². The van der Waals surface area contributed by atoms with Gasteiger partial charge in [0.2, 0.25) is 0 Å². The van der Waals surface area contributed by atoms with Crippen LogP contribution in [0.4, 0.5) is 0 Å². The number of aldehydes is 1. The highest BCUT2D eigenvalue weighted by Gasteiger charge is 2.04. The van der Waals surface area contributed by atoms with Crippen LogP contribution in [0.15, 0.2) is 18.2 Å². The molecule has 0 radical (unpaired) electrons. The lowest BCUT2D eigenvalue weighted by atomic mass is 10.1. The van der Waals surface area contributed by atoms with Crippen LogP contribution in [0.25, 0.3) is 0 Å². The average Bonchev–Trinajstić information content (AvgIpc) is 2.42. The molecule has 100 valence electrons. The van der Waals surface area contributed by atoms with Crippen LogP contribution in [0.1, 0.15) is 48.5 Å². The van der Waals surface area contributed by atoms with E-state index >= 15 is 0 Å². The van der Waals surface area contributed by atoms with E-state index < -0.39 is 0 Å². The quantitative estimate of drug-likeness (QED) is 0.496. The molecule has 0 heterocycles. The minimum absolute atomic E-state index is 0.497. The summed E-state index contributed by atoms with van der Waals surface area (Å²) in [6, 6.07) is 5.37. The second kappa shape index (κ2) is 8.70. The van der Waals surface area contributed by atoms with Gasteiger partial charge in [0.25, 0.3) is 0 Å². The van der Waals surface area contributed by atoms with Crippen molar-refractivity contribution in [3.63, 3.8) is 0 Å². The van der Waals surface area contributed by atoms with Gasteiger partial charge in [0.15, 0.2) is 0 Å². The summed E-state index contributed by atoms with van der Waals surface area (Å²) in [5.74, 6) is 0.772. The number of benzene rings is 1. The minimum atomic E-state index is 0.497. The molecule has 0 unspecified atom stereocenters. The van der Waals surface area contributed by atoms with Crippen molar-refractivity contribution in [1.82, 2.24) is 0 Å². The predicted molar refractivity (Wildman–Crippen MR) is 72.2 cm³/mol. The van der Waals surface area contributed by atoms with Crippen molar-refractivity contribution in [3.05, 3.63) is 29.3 Å². The molecule has 0 aliphatic heterocycles. The van der Waals surface area contributed by atoms with Crippen molar-refractivity contribution in [2.24, 2.45) is 0 Å². The van der Waals surface area contributed by atoms with Gasteiger partial charge in [0.1, 0.15) is 12.0 Å². The number of rotatable bonds is 9. The maximum absolute atomic E-state index is 10.7. The van der Waals surface area contributed by atoms with E-state index in [-0.39, 0.29) is 0 Å². The van der Waals surface area contributed by atoms with Crippen LogP contribution >= 0.6 is 0 Å². The third-order valence-electron chi connectivity index (χ3n) is 2.84. The summed E-state index contributed by atoms with van der Waals surface area (Å²) in [6.07, 6.45) is 5.62. The summed E-state index contributed by atoms with van der Waals surface area (Å²) in [7, 11) is 1.63. The molecular weight excluding hydrogens is 228 g/mol. The average molecular weight is 250 g/mol. The Balaban J connectivity index is 2.42. The summed E-state index contributed by atoms with van der Waals surface area (Å²) in [6.45, 7) is 3.45. The molecule has 0 atom stereocenters. The van der Waals surface area contributed by atoms with Crippen molar-refractivity contribution in [3.8, 4) is 5.75 Å². The van der Waals surface area contributed by atoms with E-state index in [9.17, 15) is 4.79 Å². The molecule has 1 aromatic carbocycles. The van der Waals surface area contributed by atoms with Gasteiger partial charge in [-0.15, -0.1) is 0 Å². The van der Waals surface area contributed by atoms with Crippen LogP contribution < -0.4 is 4.74 Å². The van der Waals surface area contributed by atoms with Crippen LogP contribution in [-0.4, -0.2) is 20.0 Å². The fourth-order valence-electron chi connectivity index (χ4n) is 1.80. The van der Waals surface area contributed by atoms with E-state index in [1.807, 2.05) is 6.07 Å². The fraction of sp³-hybridized carbons (Fsp3) is 0.533. The molecular formula is C15H22O3. The lowest BCUT2D eigenvalue weighted by Gasteiger charge is -2.09. The summed E-state index contributed by atoms with van der Waals surface area (Å²) < 4.78 is 10.9. The van der Waals surface area contributed by atoms with Crippen molar-refractivity contribution >= 4 is 6.29 Å². The zero-order chi connectivity index (χ0) is 13.2. The van der Waals surface area contributed by atoms with E-state index in [0.717, 1.165) is 30.6 Å². The zero-order valence-electron chi connectivity index (χ0n) is 11.3. The van der Waals surface area contributed by atoms with Gasteiger partial charge in [-0.05, 0) is 24.6 Å². The summed E-state index contributed by atoms with van der Waals surface area (Å²) >= 11 is 0. The van der Waals surface area contributed by atoms with Gasteiger partial charge in [-0.2, -0.15) is 0 Å². The maximum atomic E-state index is 10.7. The molecule has 0 N–H and O–H groups in total. The highest BCUT2D eigenvalue weighted by atomic mass is 16.5. The van der Waals surface area contributed by atoms with Crippen molar-refractivity contribution in [2.45, 2.75) is 39.2 Å². The third-order valence-corrected chi connectivity index (χ3v) is 2.84. The number of carbonyl (C=O) groups is 1. The van der Waals surface area contributed by atoms with Gasteiger partial charge in [0, 0.05) is 17.7 Å². The van der Waals surface area contributed by atoms with E-state index in [2.05, 4.69) is 6.92 Å². The number of ether oxygens (including phenoxy) is 2. The Labute approximate surface area is 109 Å². The van der Waals surface area contributed by atoms with Gasteiger partial charge in [-0.3, -0.25) is 4.79 Å². The molecule has 1 rings (SSSR count). The van der Waals surface area contributed by atoms with Gasteiger partial charge >= 0.3 is 0 Å². The molecule has 0 spiro atoms. The topological polar surface area (TPSA) is 35.5 Å². The van der Waals surface area contributed by atoms with E-state index in [1.165, 1.54) is 19.3 Å². The van der Waals surface area contributed by atoms with E-state index in [0.29, 0.717) is 12.2 Å². The molecule has 0 aliphatic carbocycles. The Morgan fingerprint density at radius 1 is 1.22 bits per heavy atom. The molecule has 0 aromatic heterocycles. The first-order valence-electron chi connectivity index (χ1n) is 6.51. The number of carbonyl (C=O) groups excluding carboxylic acids is 1. The fourth-order valence-corrected chi connectivity index (χ4v) is 1.80. The SMILES string of the molecule is CCCCCCOCc1cc(C=O)ccc1OC. The van der Waals surface area contributed by atoms with Crippen LogP contribution in [0.2, 0.25) is 0 Å². The molecule has 0 aliphatic rings. The van der Waals surface area contributed by atoms with Gasteiger partial charge < -0.3 is 9.47 Å². The highest BCUT2D eigenvalue weighted by Crippen LogP contribution is 2.20. The zero-order valence-corrected chi connectivity index (χ0v) is 11.3. The lowest BCUT2D eigenvalue weighted by Crippen LogP contribution is -1.99. The molecule has 0 fully saturated rings. The Morgan fingerprint density at radius 2 is 2.06 bits per heavy atom. The molecule has 1 aromatic rings. The first-order chi connectivity index (χ1) is 8.81. The Kier molecular flexibility index (Phi) is 7.11. The van der Waals surface area contributed by atoms with Crippen molar-refractivity contribution in [2.75, 3.05) is 13.7 Å². The molecule has 0 saturated heterocycles. The normalized spacial score (nSPS) is 10.3. The summed E-state index contributed by atoms with van der Waals surface area (Å²) in [4.78, 5) is 10.7. The van der Waals surface area contributed by atoms with Crippen LogP contribution in [0.3, 0.4) is 0 Å². The number of hydrogen-bond acceptors (Lipinski definition) is 3. The Hall–Kier alpha value is -1.35. The second-order valence-corrected chi connectivity index (χ2v) is 4.30. The lowest BCUT2D eigenvalue weighted by molar-refractivity contribution is 0.111. The molecule has 3 heteroatoms. The van der Waals surface area contributed by atoms with Crippen molar-refractivity contribution < 1.29 is 14.3 Å². The van der Waals surface area contributed by atoms with Crippen LogP contribution in [0, 0.1) is 0 Å². The van der Waals surface area contributed by atoms with Gasteiger partial charge in [-0.25, -0.2) is 0 Å². The Bertz CT molecular complexity index is 361. The third kappa shape index (κ3) is 4.88. The standard InChI is InChI=1S/C15H22O3/c1-3-4-5-6-9-18-12-14-10-13(11-16)7-8-15(14)17-2/h7-8,10-11H,3-6,9,12H2,1-2H3. The monoisotopic (exact) mass is 250 g/mol. The van der Waals surface area contributed by atoms with Crippen molar-refractivity contribution in [1.29, 1.82) is 0 Å². The first-order valence-corrected chi connectivity index (χ1v) is 6.51. The molecule has 0 saturated carbocycles. The molecule has 18 heavy (non-hydrogen) atoms. The first kappa shape index (κ1) is 14.7. The highest BCUT2D eigenvalue weighted by molar-refractivity contribution is 5.75. The van der Waals surface area contributed by atoms with E-state index in [4.69, 9.17) is 9.47 Å². The number of hydrogen-bond donors (Lipinski definition) is 0. The maximum Gasteiger partial charge on any atom is 0.150 e. The number of unbranched alkanes of at least 4 members (excludes halogenated alkanes) is 3. The second-order valence-electron chi connectivity index (χ2n) is 4.30. The summed E-state index contributed by atoms with van der Waals surface area (Å²) in [5, 5.41) is 0. The molecule has 3 nitrogen and oxygen atoms in total. The van der Waals surface area contributed by atoms with Crippen LogP contribution in [0.5, 0.6) is 5.75 Å². The smallest absolute Gasteiger partial charge is 0.150 e. The molecule has 0 amide bonds. The largest absolute Gasteiger partial charge is 0.496 e. The minimum Gasteiger partial charge on any atom is -0.496 e. The van der Waals surface area contributed by atoms with Gasteiger partial charge in [0.05, 0.1) is 13.7 Å². The molecule has 0 bridgehead atoms. The van der Waals surface area contributed by atoms with Gasteiger partial charge in [-0.1, -0.05) is 26.2 Å². The predicted octanol–water partition coefficient (Wildman–Crippen LogP) is 3.60. The van der Waals surface area contributed by atoms with E-state index in [1.54, 1.807) is 19.2 Å². The summed E-state index contributed by atoms with van der Waals surface area (Å²) in [5.41, 5.74) is 1.58. The number of methoxy groups -OCH3 is 1.